The van der Waals surface area contributed by atoms with Gasteiger partial charge in [0.15, 0.2) is 0 Å². The largest absolute Gasteiger partial charge is 0.401 e. The van der Waals surface area contributed by atoms with Gasteiger partial charge < -0.3 is 0 Å². The zero-order valence-electron chi connectivity index (χ0n) is 7.65. The maximum Gasteiger partial charge on any atom is 0.401 e. The lowest BCUT2D eigenvalue weighted by Gasteiger charge is -2.14. The molecule has 0 saturated heterocycles. The summed E-state index contributed by atoms with van der Waals surface area (Å²) in [6.45, 7) is 2.62. The first-order valence-electron chi connectivity index (χ1n) is 4.05. The van der Waals surface area contributed by atoms with E-state index in [-0.39, 0.29) is 5.92 Å². The fourth-order valence-corrected chi connectivity index (χ4v) is 0.892. The molecule has 0 spiro atoms. The Labute approximate surface area is 75.7 Å². The molecular weight excluding hydrogens is 181 g/mol. The minimum absolute atomic E-state index is 0.213. The zero-order chi connectivity index (χ0) is 10.5. The van der Waals surface area contributed by atoms with Gasteiger partial charge in [0.05, 0.1) is 18.7 Å². The van der Waals surface area contributed by atoms with E-state index in [1.54, 1.807) is 6.07 Å². The van der Waals surface area contributed by atoms with Crippen LogP contribution in [-0.4, -0.2) is 18.8 Å². The average molecular weight is 194 g/mol. The number of hydrogen-bond donors (Lipinski definition) is 1. The molecule has 0 aliphatic carbocycles. The van der Waals surface area contributed by atoms with Crippen LogP contribution in [-0.2, 0) is 0 Å². The van der Waals surface area contributed by atoms with Gasteiger partial charge in [-0.05, 0) is 12.3 Å². The van der Waals surface area contributed by atoms with Gasteiger partial charge >= 0.3 is 6.18 Å². The maximum absolute atomic E-state index is 11.7. The highest BCUT2D eigenvalue weighted by molar-refractivity contribution is 4.90. The van der Waals surface area contributed by atoms with E-state index in [2.05, 4.69) is 5.32 Å². The van der Waals surface area contributed by atoms with Crippen molar-refractivity contribution in [3.8, 4) is 6.07 Å². The smallest absolute Gasteiger partial charge is 0.294 e. The van der Waals surface area contributed by atoms with E-state index in [4.69, 9.17) is 5.26 Å². The SMILES string of the molecule is CC(C)CC(C#N)NCC(F)(F)F. The van der Waals surface area contributed by atoms with Gasteiger partial charge in [0, 0.05) is 0 Å². The van der Waals surface area contributed by atoms with Crippen LogP contribution in [0.5, 0.6) is 0 Å². The summed E-state index contributed by atoms with van der Waals surface area (Å²) in [5.41, 5.74) is 0. The van der Waals surface area contributed by atoms with Crippen molar-refractivity contribution < 1.29 is 13.2 Å². The molecule has 0 aromatic carbocycles. The highest BCUT2D eigenvalue weighted by Gasteiger charge is 2.28. The predicted octanol–water partition coefficient (Wildman–Crippen LogP) is 2.08. The van der Waals surface area contributed by atoms with Crippen molar-refractivity contribution in [2.45, 2.75) is 32.5 Å². The lowest BCUT2D eigenvalue weighted by atomic mass is 10.1. The summed E-state index contributed by atoms with van der Waals surface area (Å²) in [5.74, 6) is 0.213. The molecule has 2 nitrogen and oxygen atoms in total. The van der Waals surface area contributed by atoms with Gasteiger partial charge in [-0.15, -0.1) is 0 Å². The Bertz CT molecular complexity index is 181. The molecule has 0 aliphatic heterocycles. The highest BCUT2D eigenvalue weighted by atomic mass is 19.4. The van der Waals surface area contributed by atoms with Crippen molar-refractivity contribution in [3.63, 3.8) is 0 Å². The number of rotatable bonds is 4. The number of nitriles is 1. The number of hydrogen-bond acceptors (Lipinski definition) is 2. The van der Waals surface area contributed by atoms with Crippen molar-refractivity contribution >= 4 is 0 Å². The van der Waals surface area contributed by atoms with Crippen LogP contribution in [0.2, 0.25) is 0 Å². The molecule has 0 aliphatic rings. The summed E-state index contributed by atoms with van der Waals surface area (Å²) in [6, 6.07) is 1.09. The Kier molecular flexibility index (Phi) is 4.78. The van der Waals surface area contributed by atoms with Crippen LogP contribution in [0.25, 0.3) is 0 Å². The van der Waals surface area contributed by atoms with Crippen molar-refractivity contribution in [3.05, 3.63) is 0 Å². The van der Waals surface area contributed by atoms with Gasteiger partial charge in [-0.2, -0.15) is 18.4 Å². The van der Waals surface area contributed by atoms with Crippen molar-refractivity contribution in [2.75, 3.05) is 6.54 Å². The molecule has 0 saturated carbocycles. The van der Waals surface area contributed by atoms with Crippen molar-refractivity contribution in [2.24, 2.45) is 5.92 Å². The number of nitrogens with one attached hydrogen (secondary N) is 1. The Morgan fingerprint density at radius 1 is 1.38 bits per heavy atom. The van der Waals surface area contributed by atoms with Crippen LogP contribution in [0, 0.1) is 17.2 Å². The molecule has 0 bridgehead atoms. The Morgan fingerprint density at radius 3 is 2.23 bits per heavy atom. The fraction of sp³-hybridized carbons (Fsp3) is 0.875. The number of nitrogens with zero attached hydrogens (tertiary/aromatic N) is 1. The second-order valence-corrected chi connectivity index (χ2v) is 3.31. The van der Waals surface area contributed by atoms with E-state index >= 15 is 0 Å². The molecule has 76 valence electrons. The Morgan fingerprint density at radius 2 is 1.92 bits per heavy atom. The fourth-order valence-electron chi connectivity index (χ4n) is 0.892. The average Bonchev–Trinajstić information content (AvgIpc) is 1.95. The third kappa shape index (κ3) is 7.60. The quantitative estimate of drug-likeness (QED) is 0.743. The molecule has 1 unspecified atom stereocenters. The molecule has 0 fully saturated rings. The van der Waals surface area contributed by atoms with E-state index in [0.29, 0.717) is 6.42 Å². The molecule has 0 radical (unpaired) electrons. The van der Waals surface area contributed by atoms with E-state index < -0.39 is 18.8 Å². The molecule has 0 aromatic heterocycles. The summed E-state index contributed by atoms with van der Waals surface area (Å²) in [7, 11) is 0. The summed E-state index contributed by atoms with van der Waals surface area (Å²) in [5, 5.41) is 10.6. The summed E-state index contributed by atoms with van der Waals surface area (Å²) >= 11 is 0. The second kappa shape index (κ2) is 5.07. The zero-order valence-corrected chi connectivity index (χ0v) is 7.65. The number of halogens is 3. The monoisotopic (exact) mass is 194 g/mol. The van der Waals surface area contributed by atoms with Crippen LogP contribution < -0.4 is 5.32 Å². The van der Waals surface area contributed by atoms with Gasteiger partial charge in [-0.3, -0.25) is 5.32 Å². The summed E-state index contributed by atoms with van der Waals surface area (Å²) < 4.78 is 35.2. The van der Waals surface area contributed by atoms with Crippen molar-refractivity contribution in [1.82, 2.24) is 5.32 Å². The topological polar surface area (TPSA) is 35.8 Å². The van der Waals surface area contributed by atoms with E-state index in [0.717, 1.165) is 0 Å². The molecule has 0 aromatic rings. The van der Waals surface area contributed by atoms with Gasteiger partial charge in [-0.25, -0.2) is 0 Å². The van der Waals surface area contributed by atoms with Gasteiger partial charge in [0.2, 0.25) is 0 Å². The Balaban J connectivity index is 3.81. The lowest BCUT2D eigenvalue weighted by molar-refractivity contribution is -0.125. The maximum atomic E-state index is 11.7. The van der Waals surface area contributed by atoms with Crippen LogP contribution in [0.3, 0.4) is 0 Å². The van der Waals surface area contributed by atoms with Crippen LogP contribution in [0.1, 0.15) is 20.3 Å². The highest BCUT2D eigenvalue weighted by Crippen LogP contribution is 2.13. The second-order valence-electron chi connectivity index (χ2n) is 3.31. The molecule has 0 amide bonds. The molecule has 1 atom stereocenters. The van der Waals surface area contributed by atoms with Gasteiger partial charge in [-0.1, -0.05) is 13.8 Å². The molecular formula is C8H13F3N2. The minimum Gasteiger partial charge on any atom is -0.294 e. The number of alkyl halides is 3. The Hall–Kier alpha value is -0.760. The molecule has 0 rings (SSSR count). The third-order valence-electron chi connectivity index (χ3n) is 1.41. The lowest BCUT2D eigenvalue weighted by Crippen LogP contribution is -2.36. The van der Waals surface area contributed by atoms with Gasteiger partial charge in [0.1, 0.15) is 0 Å². The van der Waals surface area contributed by atoms with E-state index in [1.807, 2.05) is 13.8 Å². The standard InChI is InChI=1S/C8H13F3N2/c1-6(2)3-7(4-12)13-5-8(9,10)11/h6-7,13H,3,5H2,1-2H3. The molecule has 5 heteroatoms. The van der Waals surface area contributed by atoms with Crippen LogP contribution >= 0.6 is 0 Å². The minimum atomic E-state index is -4.24. The summed E-state index contributed by atoms with van der Waals surface area (Å²) in [4.78, 5) is 0. The molecule has 0 heterocycles. The van der Waals surface area contributed by atoms with E-state index in [9.17, 15) is 13.2 Å². The van der Waals surface area contributed by atoms with Crippen LogP contribution in [0.4, 0.5) is 13.2 Å². The third-order valence-corrected chi connectivity index (χ3v) is 1.41. The molecule has 13 heavy (non-hydrogen) atoms. The molecule has 1 N–H and O–H groups in total. The first-order valence-corrected chi connectivity index (χ1v) is 4.05. The summed E-state index contributed by atoms with van der Waals surface area (Å²) in [6.07, 6.45) is -3.81. The van der Waals surface area contributed by atoms with Gasteiger partial charge in [0.25, 0.3) is 0 Å². The van der Waals surface area contributed by atoms with Crippen LogP contribution in [0.15, 0.2) is 0 Å². The first-order chi connectivity index (χ1) is 5.85. The predicted molar refractivity (Wildman–Crippen MR) is 42.9 cm³/mol. The van der Waals surface area contributed by atoms with Crippen molar-refractivity contribution in [1.29, 1.82) is 5.26 Å². The van der Waals surface area contributed by atoms with E-state index in [1.165, 1.54) is 0 Å². The normalized spacial score (nSPS) is 14.2. The first kappa shape index (κ1) is 12.2.